The highest BCUT2D eigenvalue weighted by molar-refractivity contribution is 5.46. The molecule has 0 aromatic heterocycles. The SMILES string of the molecule is Oc1ccc(C2CCC3(CC2)OOC2(CCCCC2)OO3)cc1CN1CCN(c2ccc(F)cc2)CC1. The van der Waals surface area contributed by atoms with E-state index in [1.807, 2.05) is 24.3 Å². The quantitative estimate of drug-likeness (QED) is 0.521. The van der Waals surface area contributed by atoms with Gasteiger partial charge in [-0.15, -0.1) is 0 Å². The Hall–Kier alpha value is -2.23. The maximum absolute atomic E-state index is 13.3. The molecule has 2 heterocycles. The lowest BCUT2D eigenvalue weighted by atomic mass is 9.80. The number of hydrogen-bond donors (Lipinski definition) is 1. The highest BCUT2D eigenvalue weighted by Gasteiger charge is 2.50. The summed E-state index contributed by atoms with van der Waals surface area (Å²) in [6, 6.07) is 12.7. The van der Waals surface area contributed by atoms with Gasteiger partial charge in [-0.3, -0.25) is 4.90 Å². The minimum Gasteiger partial charge on any atom is -0.508 e. The number of anilines is 1. The van der Waals surface area contributed by atoms with Crippen LogP contribution in [0.5, 0.6) is 5.75 Å². The fourth-order valence-corrected chi connectivity index (χ4v) is 6.19. The van der Waals surface area contributed by atoms with Gasteiger partial charge in [-0.25, -0.2) is 4.39 Å². The van der Waals surface area contributed by atoms with E-state index in [1.54, 1.807) is 0 Å². The molecule has 200 valence electrons. The van der Waals surface area contributed by atoms with E-state index >= 15 is 0 Å². The zero-order chi connectivity index (χ0) is 25.3. The van der Waals surface area contributed by atoms with Gasteiger partial charge < -0.3 is 10.0 Å². The van der Waals surface area contributed by atoms with Gasteiger partial charge in [0.15, 0.2) is 0 Å². The fourth-order valence-electron chi connectivity index (χ4n) is 6.19. The number of phenols is 1. The third-order valence-corrected chi connectivity index (χ3v) is 8.59. The smallest absolute Gasteiger partial charge is 0.234 e. The van der Waals surface area contributed by atoms with Crippen molar-refractivity contribution in [2.24, 2.45) is 0 Å². The number of hydrogen-bond acceptors (Lipinski definition) is 7. The zero-order valence-electron chi connectivity index (χ0n) is 21.4. The van der Waals surface area contributed by atoms with E-state index in [0.29, 0.717) is 31.1 Å². The van der Waals surface area contributed by atoms with Crippen molar-refractivity contribution in [2.75, 3.05) is 31.1 Å². The molecule has 0 unspecified atom stereocenters. The molecule has 4 aliphatic rings. The second kappa shape index (κ2) is 10.5. The summed E-state index contributed by atoms with van der Waals surface area (Å²) >= 11 is 0. The molecular weight excluding hydrogens is 475 g/mol. The van der Waals surface area contributed by atoms with E-state index in [9.17, 15) is 9.50 Å². The van der Waals surface area contributed by atoms with Crippen LogP contribution in [0, 0.1) is 5.82 Å². The summed E-state index contributed by atoms with van der Waals surface area (Å²) in [6.07, 6.45) is 8.16. The van der Waals surface area contributed by atoms with E-state index in [1.165, 1.54) is 24.1 Å². The second-order valence-electron chi connectivity index (χ2n) is 11.1. The molecule has 7 nitrogen and oxygen atoms in total. The first-order valence-corrected chi connectivity index (χ1v) is 13.8. The molecule has 0 atom stereocenters. The van der Waals surface area contributed by atoms with Crippen molar-refractivity contribution in [3.05, 3.63) is 59.4 Å². The summed E-state index contributed by atoms with van der Waals surface area (Å²) < 4.78 is 13.3. The number of aromatic hydroxyl groups is 1. The van der Waals surface area contributed by atoms with Crippen molar-refractivity contribution in [2.45, 2.75) is 81.8 Å². The number of phenolic OH excluding ortho intramolecular Hbond substituents is 1. The van der Waals surface area contributed by atoms with Gasteiger partial charge in [0.05, 0.1) is 0 Å². The van der Waals surface area contributed by atoms with E-state index in [2.05, 4.69) is 15.9 Å². The van der Waals surface area contributed by atoms with E-state index in [-0.39, 0.29) is 5.82 Å². The van der Waals surface area contributed by atoms with Crippen molar-refractivity contribution in [1.29, 1.82) is 0 Å². The maximum Gasteiger partial charge on any atom is 0.234 e. The Labute approximate surface area is 217 Å². The van der Waals surface area contributed by atoms with Crippen LogP contribution >= 0.6 is 0 Å². The summed E-state index contributed by atoms with van der Waals surface area (Å²) in [4.78, 5) is 28.0. The summed E-state index contributed by atoms with van der Waals surface area (Å²) in [7, 11) is 0. The van der Waals surface area contributed by atoms with Crippen LogP contribution in [0.2, 0.25) is 0 Å². The van der Waals surface area contributed by atoms with Gasteiger partial charge in [0.2, 0.25) is 11.6 Å². The van der Waals surface area contributed by atoms with Gasteiger partial charge in [0, 0.05) is 69.7 Å². The fraction of sp³-hybridized carbons (Fsp3) is 0.586. The van der Waals surface area contributed by atoms with Crippen molar-refractivity contribution in [3.63, 3.8) is 0 Å². The molecule has 2 saturated carbocycles. The molecule has 1 N–H and O–H groups in total. The number of nitrogens with zero attached hydrogens (tertiary/aromatic N) is 2. The van der Waals surface area contributed by atoms with Gasteiger partial charge in [0.25, 0.3) is 0 Å². The molecule has 6 rings (SSSR count). The zero-order valence-corrected chi connectivity index (χ0v) is 21.4. The molecule has 8 heteroatoms. The largest absolute Gasteiger partial charge is 0.508 e. The van der Waals surface area contributed by atoms with Crippen LogP contribution in [0.25, 0.3) is 0 Å². The van der Waals surface area contributed by atoms with E-state index in [0.717, 1.165) is 76.0 Å². The Bertz CT molecular complexity index is 1050. The Morgan fingerprint density at radius 1 is 0.784 bits per heavy atom. The molecule has 2 spiro atoms. The van der Waals surface area contributed by atoms with Crippen molar-refractivity contribution < 1.29 is 29.0 Å². The maximum atomic E-state index is 13.3. The van der Waals surface area contributed by atoms with E-state index in [4.69, 9.17) is 19.6 Å². The summed E-state index contributed by atoms with van der Waals surface area (Å²) in [5, 5.41) is 10.6. The van der Waals surface area contributed by atoms with Crippen LogP contribution in [-0.4, -0.2) is 47.8 Å². The molecule has 2 aromatic rings. The number of rotatable bonds is 4. The molecule has 0 radical (unpaired) electrons. The minimum absolute atomic E-state index is 0.209. The number of halogens is 1. The first-order chi connectivity index (χ1) is 18.0. The first kappa shape index (κ1) is 25.1. The highest BCUT2D eigenvalue weighted by Crippen LogP contribution is 2.47. The minimum atomic E-state index is -0.816. The standard InChI is InChI=1S/C29H37FN2O5/c30-25-5-7-26(8-6-25)32-18-16-31(17-19-32)21-24-20-23(4-9-27(24)33)22-10-14-29(15-11-22)36-34-28(35-37-29)12-2-1-3-13-28/h4-9,20,22,33H,1-3,10-19,21H2. The Kier molecular flexibility index (Phi) is 7.11. The predicted molar refractivity (Wildman–Crippen MR) is 136 cm³/mol. The van der Waals surface area contributed by atoms with Gasteiger partial charge in [-0.2, -0.15) is 19.6 Å². The van der Waals surface area contributed by atoms with Crippen LogP contribution in [0.15, 0.2) is 42.5 Å². The molecule has 0 amide bonds. The monoisotopic (exact) mass is 512 g/mol. The first-order valence-electron chi connectivity index (χ1n) is 13.8. The topological polar surface area (TPSA) is 63.6 Å². The van der Waals surface area contributed by atoms with Crippen LogP contribution in [-0.2, 0) is 26.1 Å². The Morgan fingerprint density at radius 3 is 2.05 bits per heavy atom. The average Bonchev–Trinajstić information content (AvgIpc) is 2.94. The van der Waals surface area contributed by atoms with Crippen LogP contribution in [0.1, 0.15) is 74.8 Å². The molecule has 2 aliphatic heterocycles. The van der Waals surface area contributed by atoms with Crippen LogP contribution < -0.4 is 4.90 Å². The molecule has 2 aromatic carbocycles. The molecule has 2 aliphatic carbocycles. The highest BCUT2D eigenvalue weighted by atomic mass is 19.1. The lowest BCUT2D eigenvalue weighted by molar-refractivity contribution is -0.662. The molecule has 2 saturated heterocycles. The lowest BCUT2D eigenvalue weighted by Crippen LogP contribution is -2.52. The summed E-state index contributed by atoms with van der Waals surface area (Å²) in [5.41, 5.74) is 3.26. The molecule has 0 bridgehead atoms. The van der Waals surface area contributed by atoms with Gasteiger partial charge in [-0.05, 0) is 67.5 Å². The number of benzene rings is 2. The Balaban J connectivity index is 1.03. The van der Waals surface area contributed by atoms with E-state index < -0.39 is 11.6 Å². The summed E-state index contributed by atoms with van der Waals surface area (Å²) in [5.74, 6) is -1.03. The normalized spacial score (nSPS) is 24.5. The predicted octanol–water partition coefficient (Wildman–Crippen LogP) is 5.78. The molecule has 4 fully saturated rings. The van der Waals surface area contributed by atoms with Gasteiger partial charge in [0.1, 0.15) is 11.6 Å². The van der Waals surface area contributed by atoms with Crippen LogP contribution in [0.4, 0.5) is 10.1 Å². The van der Waals surface area contributed by atoms with Gasteiger partial charge >= 0.3 is 0 Å². The third-order valence-electron chi connectivity index (χ3n) is 8.59. The third kappa shape index (κ3) is 5.49. The summed E-state index contributed by atoms with van der Waals surface area (Å²) in [6.45, 7) is 4.25. The molecular formula is C29H37FN2O5. The van der Waals surface area contributed by atoms with Crippen molar-refractivity contribution in [3.8, 4) is 5.75 Å². The average molecular weight is 513 g/mol. The Morgan fingerprint density at radius 2 is 1.41 bits per heavy atom. The van der Waals surface area contributed by atoms with Gasteiger partial charge in [-0.1, -0.05) is 18.6 Å². The second-order valence-corrected chi connectivity index (χ2v) is 11.1. The number of piperazine rings is 1. The lowest BCUT2D eigenvalue weighted by Gasteiger charge is -2.46. The van der Waals surface area contributed by atoms with Crippen LogP contribution in [0.3, 0.4) is 0 Å². The molecule has 37 heavy (non-hydrogen) atoms. The van der Waals surface area contributed by atoms with Crippen molar-refractivity contribution >= 4 is 5.69 Å². The van der Waals surface area contributed by atoms with Crippen molar-refractivity contribution in [1.82, 2.24) is 4.90 Å².